The quantitative estimate of drug-likeness (QED) is 0.820. The van der Waals surface area contributed by atoms with Crippen LogP contribution in [0.25, 0.3) is 0 Å². The van der Waals surface area contributed by atoms with Crippen LogP contribution in [0, 0.1) is 6.92 Å². The molecular weight excluding hydrogens is 300 g/mol. The number of likely N-dealkylation sites (tertiary alicyclic amines) is 1. The first-order valence-corrected chi connectivity index (χ1v) is 9.34. The van der Waals surface area contributed by atoms with Gasteiger partial charge in [0.1, 0.15) is 5.75 Å². The molecule has 24 heavy (non-hydrogen) atoms. The van der Waals surface area contributed by atoms with Gasteiger partial charge >= 0.3 is 0 Å². The van der Waals surface area contributed by atoms with Crippen molar-refractivity contribution < 1.29 is 9.84 Å². The monoisotopic (exact) mass is 332 g/mol. The Morgan fingerprint density at radius 3 is 2.46 bits per heavy atom. The lowest BCUT2D eigenvalue weighted by molar-refractivity contribution is -0.0105. The van der Waals surface area contributed by atoms with Gasteiger partial charge in [-0.2, -0.15) is 0 Å². The summed E-state index contributed by atoms with van der Waals surface area (Å²) in [6.45, 7) is 6.76. The summed E-state index contributed by atoms with van der Waals surface area (Å²) in [5, 5.41) is 13.6. The van der Waals surface area contributed by atoms with Gasteiger partial charge in [0.05, 0.1) is 11.8 Å². The molecule has 4 nitrogen and oxygen atoms in total. The highest BCUT2D eigenvalue weighted by molar-refractivity contribution is 5.57. The lowest BCUT2D eigenvalue weighted by Gasteiger charge is -2.48. The Balaban J connectivity index is 1.53. The highest BCUT2D eigenvalue weighted by Gasteiger charge is 2.37. The van der Waals surface area contributed by atoms with Crippen molar-refractivity contribution in [3.05, 3.63) is 23.8 Å². The molecule has 0 radical (unpaired) electrons. The minimum atomic E-state index is 0.339. The van der Waals surface area contributed by atoms with Crippen LogP contribution in [0.1, 0.15) is 51.0 Å². The largest absolute Gasteiger partial charge is 0.506 e. The molecule has 0 aromatic heterocycles. The van der Waals surface area contributed by atoms with Gasteiger partial charge in [-0.1, -0.05) is 6.07 Å². The number of phenols is 1. The predicted octanol–water partition coefficient (Wildman–Crippen LogP) is 3.92. The number of anilines is 1. The lowest BCUT2D eigenvalue weighted by Crippen LogP contribution is -2.53. The summed E-state index contributed by atoms with van der Waals surface area (Å²) in [5.41, 5.74) is 2.39. The van der Waals surface area contributed by atoms with E-state index in [9.17, 15) is 5.11 Å². The first kappa shape index (κ1) is 17.6. The fraction of sp³-hybridized carbons (Fsp3) is 0.700. The van der Waals surface area contributed by atoms with Crippen LogP contribution in [0.4, 0.5) is 5.69 Å². The van der Waals surface area contributed by atoms with Crippen molar-refractivity contribution in [3.8, 4) is 5.75 Å². The number of aryl methyl sites for hydroxylation is 1. The number of rotatable bonds is 4. The molecule has 1 aromatic rings. The molecule has 0 atom stereocenters. The van der Waals surface area contributed by atoms with Crippen LogP contribution < -0.4 is 5.32 Å². The number of methoxy groups -OCH3 is 1. The third kappa shape index (κ3) is 3.86. The molecule has 1 aliphatic carbocycles. The number of phenolic OH excluding ortho intramolecular Hbond substituents is 1. The molecule has 1 heterocycles. The van der Waals surface area contributed by atoms with Crippen molar-refractivity contribution in [1.82, 2.24) is 4.90 Å². The van der Waals surface area contributed by atoms with Gasteiger partial charge in [0.25, 0.3) is 0 Å². The number of hydrogen-bond donors (Lipinski definition) is 2. The average molecular weight is 332 g/mol. The number of hydrogen-bond acceptors (Lipinski definition) is 4. The molecule has 3 rings (SSSR count). The highest BCUT2D eigenvalue weighted by atomic mass is 16.5. The number of nitrogens with one attached hydrogen (secondary N) is 1. The Kier molecular flexibility index (Phi) is 5.36. The molecule has 2 fully saturated rings. The third-order valence-corrected chi connectivity index (χ3v) is 6.11. The molecule has 0 unspecified atom stereocenters. The standard InChI is InChI=1S/C20H32N2O2/c1-15-4-5-19(23)18(14-15)21-16-8-12-22(13-9-16)20(2)10-6-17(24-3)7-11-20/h4-5,14,16-17,21,23H,6-13H2,1-3H3. The van der Waals surface area contributed by atoms with Gasteiger partial charge in [-0.05, 0) is 70.1 Å². The molecule has 0 amide bonds. The summed E-state index contributed by atoms with van der Waals surface area (Å²) in [4.78, 5) is 2.69. The van der Waals surface area contributed by atoms with E-state index in [-0.39, 0.29) is 0 Å². The van der Waals surface area contributed by atoms with Crippen molar-refractivity contribution in [2.45, 2.75) is 70.1 Å². The van der Waals surface area contributed by atoms with Crippen LogP contribution in [0.3, 0.4) is 0 Å². The fourth-order valence-corrected chi connectivity index (χ4v) is 4.31. The summed E-state index contributed by atoms with van der Waals surface area (Å²) in [6, 6.07) is 6.21. The van der Waals surface area contributed by atoms with Crippen LogP contribution in [-0.2, 0) is 4.74 Å². The number of benzene rings is 1. The van der Waals surface area contributed by atoms with Crippen LogP contribution in [-0.4, -0.2) is 47.9 Å². The van der Waals surface area contributed by atoms with Crippen molar-refractivity contribution in [1.29, 1.82) is 0 Å². The van der Waals surface area contributed by atoms with Crippen molar-refractivity contribution in [2.75, 3.05) is 25.5 Å². The Bertz CT molecular complexity index is 545. The average Bonchev–Trinajstić information content (AvgIpc) is 2.59. The number of piperidine rings is 1. The molecule has 1 saturated heterocycles. The molecule has 2 aliphatic rings. The van der Waals surface area contributed by atoms with E-state index in [1.165, 1.54) is 31.2 Å². The van der Waals surface area contributed by atoms with E-state index >= 15 is 0 Å². The predicted molar refractivity (Wildman–Crippen MR) is 98.7 cm³/mol. The Morgan fingerprint density at radius 1 is 1.17 bits per heavy atom. The fourth-order valence-electron chi connectivity index (χ4n) is 4.31. The molecular formula is C20H32N2O2. The number of nitrogens with zero attached hydrogens (tertiary/aromatic N) is 1. The molecule has 134 valence electrons. The van der Waals surface area contributed by atoms with Gasteiger partial charge in [-0.15, -0.1) is 0 Å². The van der Waals surface area contributed by atoms with E-state index < -0.39 is 0 Å². The number of ether oxygens (including phenoxy) is 1. The number of aromatic hydroxyl groups is 1. The lowest BCUT2D eigenvalue weighted by atomic mass is 9.79. The summed E-state index contributed by atoms with van der Waals surface area (Å²) >= 11 is 0. The maximum Gasteiger partial charge on any atom is 0.138 e. The van der Waals surface area contributed by atoms with Gasteiger partial charge in [0.2, 0.25) is 0 Å². The van der Waals surface area contributed by atoms with E-state index in [1.54, 1.807) is 6.07 Å². The molecule has 1 aliphatic heterocycles. The van der Waals surface area contributed by atoms with Crippen LogP contribution in [0.2, 0.25) is 0 Å². The van der Waals surface area contributed by atoms with Gasteiger partial charge in [0, 0.05) is 31.8 Å². The van der Waals surface area contributed by atoms with Gasteiger partial charge in [-0.25, -0.2) is 0 Å². The van der Waals surface area contributed by atoms with Crippen LogP contribution in [0.15, 0.2) is 18.2 Å². The van der Waals surface area contributed by atoms with Crippen LogP contribution >= 0.6 is 0 Å². The van der Waals surface area contributed by atoms with E-state index in [4.69, 9.17) is 4.74 Å². The minimum absolute atomic E-state index is 0.339. The minimum Gasteiger partial charge on any atom is -0.506 e. The first-order chi connectivity index (χ1) is 11.5. The first-order valence-electron chi connectivity index (χ1n) is 9.34. The second-order valence-corrected chi connectivity index (χ2v) is 7.86. The van der Waals surface area contributed by atoms with Crippen molar-refractivity contribution >= 4 is 5.69 Å². The van der Waals surface area contributed by atoms with Crippen LogP contribution in [0.5, 0.6) is 5.75 Å². The SMILES string of the molecule is COC1CCC(C)(N2CCC(Nc3cc(C)ccc3O)CC2)CC1. The third-order valence-electron chi connectivity index (χ3n) is 6.11. The van der Waals surface area contributed by atoms with E-state index in [0.717, 1.165) is 31.6 Å². The van der Waals surface area contributed by atoms with E-state index in [2.05, 4.69) is 24.1 Å². The zero-order valence-electron chi connectivity index (χ0n) is 15.3. The molecule has 1 aromatic carbocycles. The zero-order valence-corrected chi connectivity index (χ0v) is 15.3. The smallest absolute Gasteiger partial charge is 0.138 e. The highest BCUT2D eigenvalue weighted by Crippen LogP contribution is 2.36. The normalized spacial score (nSPS) is 29.5. The molecule has 4 heteroatoms. The molecule has 2 N–H and O–H groups in total. The summed E-state index contributed by atoms with van der Waals surface area (Å²) in [5.74, 6) is 0.355. The summed E-state index contributed by atoms with van der Waals surface area (Å²) < 4.78 is 5.52. The maximum absolute atomic E-state index is 10.0. The van der Waals surface area contributed by atoms with Crippen molar-refractivity contribution in [3.63, 3.8) is 0 Å². The topological polar surface area (TPSA) is 44.7 Å². The van der Waals surface area contributed by atoms with Crippen molar-refractivity contribution in [2.24, 2.45) is 0 Å². The van der Waals surface area contributed by atoms with Gasteiger partial charge < -0.3 is 15.2 Å². The van der Waals surface area contributed by atoms with E-state index in [0.29, 0.717) is 23.4 Å². The second kappa shape index (κ2) is 7.32. The van der Waals surface area contributed by atoms with Gasteiger partial charge in [0.15, 0.2) is 0 Å². The molecule has 0 spiro atoms. The summed E-state index contributed by atoms with van der Waals surface area (Å²) in [6.07, 6.45) is 7.57. The van der Waals surface area contributed by atoms with E-state index in [1.807, 2.05) is 19.2 Å². The summed E-state index contributed by atoms with van der Waals surface area (Å²) in [7, 11) is 1.84. The second-order valence-electron chi connectivity index (χ2n) is 7.86. The molecule has 1 saturated carbocycles. The zero-order chi connectivity index (χ0) is 17.2. The Hall–Kier alpha value is -1.26. The Morgan fingerprint density at radius 2 is 1.83 bits per heavy atom. The Labute approximate surface area is 146 Å². The maximum atomic E-state index is 10.0. The van der Waals surface area contributed by atoms with Gasteiger partial charge in [-0.3, -0.25) is 4.90 Å². The molecule has 0 bridgehead atoms.